The molecule has 1 aromatic heterocycles. The topological polar surface area (TPSA) is 233 Å². The molecule has 0 aliphatic carbocycles. The summed E-state index contributed by atoms with van der Waals surface area (Å²) < 4.78 is 5.21. The van der Waals surface area contributed by atoms with Crippen LogP contribution in [0.25, 0.3) is 11.0 Å². The van der Waals surface area contributed by atoms with Crippen LogP contribution in [-0.2, 0) is 28.8 Å². The summed E-state index contributed by atoms with van der Waals surface area (Å²) in [5.74, 6) is -4.97. The van der Waals surface area contributed by atoms with E-state index < -0.39 is 66.4 Å². The Morgan fingerprint density at radius 3 is 2.14 bits per heavy atom. The zero-order chi connectivity index (χ0) is 31.4. The molecule has 3 atom stereocenters. The minimum atomic E-state index is -1.65. The molecule has 1 aromatic carbocycles. The highest BCUT2D eigenvalue weighted by Gasteiger charge is 2.30. The van der Waals surface area contributed by atoms with Crippen LogP contribution < -0.4 is 32.2 Å². The number of benzene rings is 1. The molecule has 0 radical (unpaired) electrons. The summed E-state index contributed by atoms with van der Waals surface area (Å²) in [7, 11) is 0. The fraction of sp³-hybridized carbons (Fsp3) is 0.444. The zero-order valence-corrected chi connectivity index (χ0v) is 23.4. The van der Waals surface area contributed by atoms with E-state index in [0.29, 0.717) is 30.3 Å². The normalized spacial score (nSPS) is 12.9. The van der Waals surface area contributed by atoms with E-state index in [-0.39, 0.29) is 23.6 Å². The van der Waals surface area contributed by atoms with Gasteiger partial charge in [0.1, 0.15) is 23.7 Å². The minimum Gasteiger partial charge on any atom is -0.481 e. The van der Waals surface area contributed by atoms with Crippen LogP contribution in [0.15, 0.2) is 33.5 Å². The van der Waals surface area contributed by atoms with Crippen molar-refractivity contribution in [3.8, 4) is 0 Å². The lowest BCUT2D eigenvalue weighted by Crippen LogP contribution is -2.57. The molecule has 2 rings (SSSR count). The van der Waals surface area contributed by atoms with Crippen LogP contribution in [0.2, 0.25) is 0 Å². The van der Waals surface area contributed by atoms with Gasteiger partial charge in [-0.15, -0.1) is 0 Å². The van der Waals surface area contributed by atoms with Gasteiger partial charge in [-0.3, -0.25) is 28.8 Å². The first-order valence-corrected chi connectivity index (χ1v) is 13.1. The molecule has 0 bridgehead atoms. The number of carbonyl (C=O) groups is 6. The van der Waals surface area contributed by atoms with Crippen molar-refractivity contribution < 1.29 is 43.4 Å². The first-order valence-electron chi connectivity index (χ1n) is 13.1. The Morgan fingerprint density at radius 2 is 1.52 bits per heavy atom. The molecule has 0 saturated carbocycles. The number of unbranched alkanes of at least 4 members (excludes halogenated alkanes) is 1. The van der Waals surface area contributed by atoms with Gasteiger partial charge in [0.15, 0.2) is 0 Å². The number of fused-ring (bicyclic) bond motifs is 1. The van der Waals surface area contributed by atoms with Crippen molar-refractivity contribution >= 4 is 52.2 Å². The molecule has 15 heteroatoms. The summed E-state index contributed by atoms with van der Waals surface area (Å²) >= 11 is 0. The molecule has 42 heavy (non-hydrogen) atoms. The summed E-state index contributed by atoms with van der Waals surface area (Å²) in [4.78, 5) is 84.5. The average molecular weight is 590 g/mol. The zero-order valence-electron chi connectivity index (χ0n) is 23.4. The van der Waals surface area contributed by atoms with Gasteiger partial charge in [0, 0.05) is 43.6 Å². The first kappa shape index (κ1) is 33.4. The summed E-state index contributed by atoms with van der Waals surface area (Å²) in [6.45, 7) is 3.71. The number of aliphatic hydroxyl groups is 1. The van der Waals surface area contributed by atoms with Crippen molar-refractivity contribution in [1.29, 1.82) is 0 Å². The predicted molar refractivity (Wildman–Crippen MR) is 149 cm³/mol. The van der Waals surface area contributed by atoms with Crippen molar-refractivity contribution in [2.75, 3.05) is 18.5 Å². The van der Waals surface area contributed by atoms with E-state index in [0.717, 1.165) is 6.92 Å². The number of carboxylic acids is 1. The quantitative estimate of drug-likeness (QED) is 0.102. The molecular formula is C27H35N5O10. The highest BCUT2D eigenvalue weighted by atomic mass is 16.4. The van der Waals surface area contributed by atoms with Gasteiger partial charge in [-0.05, 0) is 43.9 Å². The Bertz CT molecular complexity index is 1390. The van der Waals surface area contributed by atoms with E-state index >= 15 is 0 Å². The second-order valence-electron chi connectivity index (χ2n) is 9.58. The largest absolute Gasteiger partial charge is 0.481 e. The molecule has 2 aromatic rings. The van der Waals surface area contributed by atoms with E-state index in [1.54, 1.807) is 19.1 Å². The maximum Gasteiger partial charge on any atom is 0.336 e. The van der Waals surface area contributed by atoms with Gasteiger partial charge in [-0.1, -0.05) is 0 Å². The number of aliphatic carboxylic acids is 1. The monoisotopic (exact) mass is 589 g/mol. The van der Waals surface area contributed by atoms with Crippen LogP contribution in [0.4, 0.5) is 5.69 Å². The first-order chi connectivity index (χ1) is 19.8. The van der Waals surface area contributed by atoms with Gasteiger partial charge >= 0.3 is 11.6 Å². The van der Waals surface area contributed by atoms with Crippen molar-refractivity contribution in [1.82, 2.24) is 21.3 Å². The molecule has 1 heterocycles. The van der Waals surface area contributed by atoms with E-state index in [9.17, 15) is 43.8 Å². The number of nitrogens with one attached hydrogen (secondary N) is 5. The van der Waals surface area contributed by atoms with Crippen molar-refractivity contribution in [3.05, 3.63) is 40.2 Å². The molecule has 0 saturated heterocycles. The van der Waals surface area contributed by atoms with E-state index in [4.69, 9.17) is 4.42 Å². The van der Waals surface area contributed by atoms with Crippen LogP contribution >= 0.6 is 0 Å². The Hall–Kier alpha value is -4.79. The lowest BCUT2D eigenvalue weighted by atomic mass is 10.1. The van der Waals surface area contributed by atoms with E-state index in [1.165, 1.54) is 19.1 Å². The lowest BCUT2D eigenvalue weighted by molar-refractivity contribution is -0.141. The third-order valence-electron chi connectivity index (χ3n) is 6.03. The molecule has 0 aliphatic heterocycles. The molecule has 15 nitrogen and oxygen atoms in total. The minimum absolute atomic E-state index is 0.0812. The molecule has 5 amide bonds. The third kappa shape index (κ3) is 10.6. The van der Waals surface area contributed by atoms with Crippen LogP contribution in [0, 0.1) is 6.92 Å². The smallest absolute Gasteiger partial charge is 0.336 e. The fourth-order valence-corrected chi connectivity index (χ4v) is 4.01. The van der Waals surface area contributed by atoms with Gasteiger partial charge in [0.25, 0.3) is 0 Å². The standard InChI is InChI=1S/C27H35N5O10/c1-14-10-24(38)42-22-11-17(7-8-18(14)22)30-25(39)19(6-4-5-9-28-15(2)34)31-26(40)20(12-23(36)37)32-27(41)21(13-33)29-16(3)35/h7-8,10-11,19-21,33H,4-6,9,12-13H2,1-3H3,(H,28,34)(H,29,35)(H,30,39)(H,31,40)(H,32,41)(H,36,37)/t19-,20-,21-/m0/s1. The SMILES string of the molecule is CC(=O)NCCCC[C@H](NC(=O)[C@H](CC(=O)O)NC(=O)[C@H](CO)NC(C)=O)C(=O)Nc1ccc2c(C)cc(=O)oc2c1. The molecule has 7 N–H and O–H groups in total. The lowest BCUT2D eigenvalue weighted by Gasteiger charge is -2.24. The van der Waals surface area contributed by atoms with Gasteiger partial charge in [-0.2, -0.15) is 0 Å². The van der Waals surface area contributed by atoms with Crippen LogP contribution in [0.1, 0.15) is 45.1 Å². The Labute approximate surface area is 240 Å². The van der Waals surface area contributed by atoms with Gasteiger partial charge in [-0.25, -0.2) is 4.79 Å². The number of hydrogen-bond donors (Lipinski definition) is 7. The second-order valence-corrected chi connectivity index (χ2v) is 9.58. The van der Waals surface area contributed by atoms with E-state index in [2.05, 4.69) is 26.6 Å². The summed E-state index contributed by atoms with van der Waals surface area (Å²) in [5, 5.41) is 31.5. The number of aliphatic hydroxyl groups excluding tert-OH is 1. The van der Waals surface area contributed by atoms with Crippen LogP contribution in [-0.4, -0.2) is 77.0 Å². The Kier molecular flexibility index (Phi) is 12.6. The number of carbonyl (C=O) groups excluding carboxylic acids is 5. The molecule has 228 valence electrons. The summed E-state index contributed by atoms with van der Waals surface area (Å²) in [5.41, 5.74) is 0.601. The summed E-state index contributed by atoms with van der Waals surface area (Å²) in [6, 6.07) is 1.72. The number of amides is 5. The molecule has 0 unspecified atom stereocenters. The van der Waals surface area contributed by atoms with Crippen molar-refractivity contribution in [3.63, 3.8) is 0 Å². The van der Waals surface area contributed by atoms with Crippen molar-refractivity contribution in [2.24, 2.45) is 0 Å². The fourth-order valence-electron chi connectivity index (χ4n) is 4.01. The van der Waals surface area contributed by atoms with Crippen LogP contribution in [0.5, 0.6) is 0 Å². The number of rotatable bonds is 15. The van der Waals surface area contributed by atoms with Gasteiger partial charge in [0.2, 0.25) is 29.5 Å². The number of carboxylic acid groups (broad SMARTS) is 1. The Balaban J connectivity index is 2.24. The number of aryl methyl sites for hydroxylation is 1. The molecule has 0 fully saturated rings. The maximum absolute atomic E-state index is 13.3. The molecular weight excluding hydrogens is 554 g/mol. The van der Waals surface area contributed by atoms with Crippen LogP contribution in [0.3, 0.4) is 0 Å². The van der Waals surface area contributed by atoms with Crippen molar-refractivity contribution in [2.45, 2.75) is 64.6 Å². The number of hydrogen-bond acceptors (Lipinski definition) is 9. The number of anilines is 1. The molecule has 0 spiro atoms. The highest BCUT2D eigenvalue weighted by Crippen LogP contribution is 2.21. The third-order valence-corrected chi connectivity index (χ3v) is 6.03. The van der Waals surface area contributed by atoms with E-state index in [1.807, 2.05) is 0 Å². The maximum atomic E-state index is 13.3. The second kappa shape index (κ2) is 15.9. The average Bonchev–Trinajstić information content (AvgIpc) is 2.89. The predicted octanol–water partition coefficient (Wildman–Crippen LogP) is -0.712. The van der Waals surface area contributed by atoms with Gasteiger partial charge < -0.3 is 41.2 Å². The Morgan fingerprint density at radius 1 is 0.857 bits per heavy atom. The summed E-state index contributed by atoms with van der Waals surface area (Å²) in [6.07, 6.45) is 0.0624. The molecule has 0 aliphatic rings. The highest BCUT2D eigenvalue weighted by molar-refractivity contribution is 6.00. The van der Waals surface area contributed by atoms with Gasteiger partial charge in [0.05, 0.1) is 13.0 Å².